The summed E-state index contributed by atoms with van der Waals surface area (Å²) in [5.41, 5.74) is 5.83. The third-order valence-electron chi connectivity index (χ3n) is 5.50. The zero-order valence-corrected chi connectivity index (χ0v) is 20.1. The number of benzene rings is 3. The van der Waals surface area contributed by atoms with E-state index in [-0.39, 0.29) is 17.5 Å². The number of carbonyl (C=O) groups excluding carboxylic acids is 1. The summed E-state index contributed by atoms with van der Waals surface area (Å²) in [7, 11) is 0. The summed E-state index contributed by atoms with van der Waals surface area (Å²) in [6, 6.07) is 20.1. The van der Waals surface area contributed by atoms with E-state index >= 15 is 0 Å². The number of rotatable bonds is 8. The standard InChI is InChI=1S/C26H26FN5OS/c1-17-7-13-22(14-8-17)32-24(15-28-21-11-9-20(27)10-12-21)30-31-26(32)34-16-25(33)29-23-6-4-5-18(2)19(23)3/h4-14,28H,15-16H2,1-3H3,(H,29,33). The van der Waals surface area contributed by atoms with Crippen LogP contribution in [-0.2, 0) is 11.3 Å². The third kappa shape index (κ3) is 5.63. The minimum atomic E-state index is -0.286. The molecule has 3 aromatic carbocycles. The minimum Gasteiger partial charge on any atom is -0.378 e. The molecular formula is C26H26FN5OS. The number of thioether (sulfide) groups is 1. The fraction of sp³-hybridized carbons (Fsp3) is 0.192. The van der Waals surface area contributed by atoms with Crippen LogP contribution >= 0.6 is 11.8 Å². The smallest absolute Gasteiger partial charge is 0.234 e. The van der Waals surface area contributed by atoms with Crippen molar-refractivity contribution in [2.24, 2.45) is 0 Å². The van der Waals surface area contributed by atoms with Crippen molar-refractivity contribution in [3.05, 3.63) is 95.1 Å². The highest BCUT2D eigenvalue weighted by Crippen LogP contribution is 2.24. The number of amides is 1. The summed E-state index contributed by atoms with van der Waals surface area (Å²) < 4.78 is 15.1. The fourth-order valence-electron chi connectivity index (χ4n) is 3.41. The zero-order chi connectivity index (χ0) is 24.1. The molecule has 0 aliphatic heterocycles. The van der Waals surface area contributed by atoms with Gasteiger partial charge in [-0.05, 0) is 74.4 Å². The van der Waals surface area contributed by atoms with Crippen LogP contribution in [0.2, 0.25) is 0 Å². The first-order valence-electron chi connectivity index (χ1n) is 10.9. The fourth-order valence-corrected chi connectivity index (χ4v) is 4.18. The zero-order valence-electron chi connectivity index (χ0n) is 19.3. The van der Waals surface area contributed by atoms with Crippen molar-refractivity contribution in [3.63, 3.8) is 0 Å². The Bertz CT molecular complexity index is 1290. The Labute approximate surface area is 202 Å². The van der Waals surface area contributed by atoms with Crippen molar-refractivity contribution in [3.8, 4) is 5.69 Å². The minimum absolute atomic E-state index is 0.108. The Morgan fingerprint density at radius 3 is 2.44 bits per heavy atom. The van der Waals surface area contributed by atoms with E-state index in [9.17, 15) is 9.18 Å². The molecular weight excluding hydrogens is 449 g/mol. The van der Waals surface area contributed by atoms with E-state index in [1.807, 2.05) is 67.8 Å². The van der Waals surface area contributed by atoms with E-state index in [0.29, 0.717) is 17.5 Å². The van der Waals surface area contributed by atoms with Gasteiger partial charge in [0.15, 0.2) is 11.0 Å². The van der Waals surface area contributed by atoms with Gasteiger partial charge < -0.3 is 10.6 Å². The first kappa shape index (κ1) is 23.5. The number of aryl methyl sites for hydroxylation is 2. The summed E-state index contributed by atoms with van der Waals surface area (Å²) in [5, 5.41) is 15.6. The van der Waals surface area contributed by atoms with Gasteiger partial charge in [0.1, 0.15) is 5.82 Å². The van der Waals surface area contributed by atoms with Crippen molar-refractivity contribution in [1.29, 1.82) is 0 Å². The first-order valence-corrected chi connectivity index (χ1v) is 11.9. The van der Waals surface area contributed by atoms with Crippen LogP contribution in [0.1, 0.15) is 22.5 Å². The number of anilines is 2. The number of carbonyl (C=O) groups is 1. The molecule has 0 radical (unpaired) electrons. The van der Waals surface area contributed by atoms with Gasteiger partial charge in [-0.2, -0.15) is 0 Å². The average molecular weight is 476 g/mol. The lowest BCUT2D eigenvalue weighted by Gasteiger charge is -2.12. The molecule has 0 aliphatic rings. The van der Waals surface area contributed by atoms with Gasteiger partial charge >= 0.3 is 0 Å². The lowest BCUT2D eigenvalue weighted by Crippen LogP contribution is -2.16. The second kappa shape index (κ2) is 10.5. The molecule has 0 aliphatic carbocycles. The summed E-state index contributed by atoms with van der Waals surface area (Å²) in [5.74, 6) is 0.489. The maximum Gasteiger partial charge on any atom is 0.234 e. The third-order valence-corrected chi connectivity index (χ3v) is 6.43. The van der Waals surface area contributed by atoms with E-state index in [1.54, 1.807) is 12.1 Å². The van der Waals surface area contributed by atoms with Crippen molar-refractivity contribution in [1.82, 2.24) is 14.8 Å². The molecule has 0 saturated carbocycles. The SMILES string of the molecule is Cc1ccc(-n2c(CNc3ccc(F)cc3)nnc2SCC(=O)Nc2cccc(C)c2C)cc1. The van der Waals surface area contributed by atoms with Crippen LogP contribution < -0.4 is 10.6 Å². The van der Waals surface area contributed by atoms with Crippen molar-refractivity contribution in [2.45, 2.75) is 32.5 Å². The predicted molar refractivity (Wildman–Crippen MR) is 135 cm³/mol. The molecule has 0 fully saturated rings. The van der Waals surface area contributed by atoms with Crippen LogP contribution in [-0.4, -0.2) is 26.4 Å². The largest absolute Gasteiger partial charge is 0.378 e. The molecule has 8 heteroatoms. The maximum absolute atomic E-state index is 13.2. The lowest BCUT2D eigenvalue weighted by molar-refractivity contribution is -0.113. The van der Waals surface area contributed by atoms with Gasteiger partial charge in [-0.3, -0.25) is 9.36 Å². The summed E-state index contributed by atoms with van der Waals surface area (Å²) >= 11 is 1.33. The van der Waals surface area contributed by atoms with Crippen LogP contribution in [0.3, 0.4) is 0 Å². The van der Waals surface area contributed by atoms with Gasteiger partial charge in [0.25, 0.3) is 0 Å². The summed E-state index contributed by atoms with van der Waals surface area (Å²) in [4.78, 5) is 12.7. The van der Waals surface area contributed by atoms with Crippen LogP contribution in [0.25, 0.3) is 5.69 Å². The molecule has 4 rings (SSSR count). The summed E-state index contributed by atoms with van der Waals surface area (Å²) in [6.07, 6.45) is 0. The second-order valence-corrected chi connectivity index (χ2v) is 8.96. The van der Waals surface area contributed by atoms with Crippen molar-refractivity contribution < 1.29 is 9.18 Å². The average Bonchev–Trinajstić information content (AvgIpc) is 3.23. The van der Waals surface area contributed by atoms with E-state index in [4.69, 9.17) is 0 Å². The molecule has 0 bridgehead atoms. The number of nitrogens with one attached hydrogen (secondary N) is 2. The van der Waals surface area contributed by atoms with Gasteiger partial charge in [-0.25, -0.2) is 4.39 Å². The molecule has 174 valence electrons. The van der Waals surface area contributed by atoms with Gasteiger partial charge in [0.05, 0.1) is 12.3 Å². The lowest BCUT2D eigenvalue weighted by atomic mass is 10.1. The molecule has 1 aromatic heterocycles. The Morgan fingerprint density at radius 1 is 0.971 bits per heavy atom. The molecule has 4 aromatic rings. The highest BCUT2D eigenvalue weighted by molar-refractivity contribution is 7.99. The molecule has 1 amide bonds. The van der Waals surface area contributed by atoms with Gasteiger partial charge in [-0.1, -0.05) is 41.6 Å². The second-order valence-electron chi connectivity index (χ2n) is 8.01. The van der Waals surface area contributed by atoms with E-state index in [0.717, 1.165) is 33.8 Å². The number of hydrogen-bond acceptors (Lipinski definition) is 5. The Morgan fingerprint density at radius 2 is 1.71 bits per heavy atom. The first-order chi connectivity index (χ1) is 16.4. The molecule has 0 atom stereocenters. The van der Waals surface area contributed by atoms with Crippen molar-refractivity contribution >= 4 is 29.0 Å². The number of nitrogens with zero attached hydrogens (tertiary/aromatic N) is 3. The Balaban J connectivity index is 1.51. The number of hydrogen-bond donors (Lipinski definition) is 2. The van der Waals surface area contributed by atoms with Gasteiger partial charge in [0, 0.05) is 17.1 Å². The Kier molecular flexibility index (Phi) is 7.27. The molecule has 0 unspecified atom stereocenters. The topological polar surface area (TPSA) is 71.8 Å². The highest BCUT2D eigenvalue weighted by Gasteiger charge is 2.16. The predicted octanol–water partition coefficient (Wildman–Crippen LogP) is 5.67. The quantitative estimate of drug-likeness (QED) is 0.321. The van der Waals surface area contributed by atoms with Crippen LogP contribution in [0.15, 0.2) is 71.9 Å². The molecule has 1 heterocycles. The maximum atomic E-state index is 13.2. The van der Waals surface area contributed by atoms with Crippen molar-refractivity contribution in [2.75, 3.05) is 16.4 Å². The highest BCUT2D eigenvalue weighted by atomic mass is 32.2. The normalized spacial score (nSPS) is 10.8. The number of halogens is 1. The Hall–Kier alpha value is -3.65. The molecule has 0 spiro atoms. The number of aromatic nitrogens is 3. The summed E-state index contributed by atoms with van der Waals surface area (Å²) in [6.45, 7) is 6.43. The van der Waals surface area contributed by atoms with Gasteiger partial charge in [0.2, 0.25) is 5.91 Å². The molecule has 6 nitrogen and oxygen atoms in total. The molecule has 34 heavy (non-hydrogen) atoms. The monoisotopic (exact) mass is 475 g/mol. The van der Waals surface area contributed by atoms with E-state index in [1.165, 1.54) is 23.9 Å². The van der Waals surface area contributed by atoms with E-state index < -0.39 is 0 Å². The van der Waals surface area contributed by atoms with Crippen LogP contribution in [0.5, 0.6) is 0 Å². The van der Waals surface area contributed by atoms with Crippen LogP contribution in [0.4, 0.5) is 15.8 Å². The van der Waals surface area contributed by atoms with Crippen LogP contribution in [0, 0.1) is 26.6 Å². The molecule has 0 saturated heterocycles. The van der Waals surface area contributed by atoms with E-state index in [2.05, 4.69) is 20.8 Å². The molecule has 2 N–H and O–H groups in total. The van der Waals surface area contributed by atoms with Gasteiger partial charge in [-0.15, -0.1) is 10.2 Å².